The third kappa shape index (κ3) is 2.55. The highest BCUT2D eigenvalue weighted by atomic mass is 16.5. The Morgan fingerprint density at radius 2 is 1.95 bits per heavy atom. The van der Waals surface area contributed by atoms with Crippen molar-refractivity contribution < 1.29 is 14.3 Å². The number of ketones is 2. The molecule has 0 saturated heterocycles. The van der Waals surface area contributed by atoms with E-state index in [1.54, 1.807) is 0 Å². The molecule has 0 bridgehead atoms. The molecule has 0 unspecified atom stereocenters. The summed E-state index contributed by atoms with van der Waals surface area (Å²) < 4.78 is 5.56. The molecule has 3 rings (SSSR count). The molecule has 2 aliphatic rings. The van der Waals surface area contributed by atoms with Gasteiger partial charge in [-0.25, -0.2) is 0 Å². The van der Waals surface area contributed by atoms with Crippen molar-refractivity contribution in [1.82, 2.24) is 0 Å². The van der Waals surface area contributed by atoms with Crippen LogP contribution in [0.4, 0.5) is 0 Å². The van der Waals surface area contributed by atoms with Gasteiger partial charge in [-0.05, 0) is 49.4 Å². The van der Waals surface area contributed by atoms with Crippen molar-refractivity contribution in [2.75, 3.05) is 6.61 Å². The van der Waals surface area contributed by atoms with Crippen LogP contribution in [0.15, 0.2) is 18.2 Å². The monoisotopic (exact) mass is 258 g/mol. The summed E-state index contributed by atoms with van der Waals surface area (Å²) in [5, 5.41) is 0. The van der Waals surface area contributed by atoms with Crippen LogP contribution in [0.2, 0.25) is 0 Å². The molecular weight excluding hydrogens is 240 g/mol. The molecule has 1 aromatic rings. The molecule has 0 amide bonds. The molecular formula is C16H18O3. The number of aryl methyl sites for hydroxylation is 1. The van der Waals surface area contributed by atoms with Gasteiger partial charge in [-0.1, -0.05) is 0 Å². The Hall–Kier alpha value is -1.64. The zero-order chi connectivity index (χ0) is 13.2. The van der Waals surface area contributed by atoms with Gasteiger partial charge in [0.05, 0.1) is 6.61 Å². The molecule has 3 nitrogen and oxygen atoms in total. The van der Waals surface area contributed by atoms with Crippen molar-refractivity contribution in [1.29, 1.82) is 0 Å². The normalized spacial score (nSPS) is 19.7. The van der Waals surface area contributed by atoms with E-state index in [9.17, 15) is 9.59 Å². The first-order valence-corrected chi connectivity index (χ1v) is 7.05. The Labute approximate surface area is 113 Å². The summed E-state index contributed by atoms with van der Waals surface area (Å²) in [6, 6.07) is 5.76. The molecule has 1 aliphatic heterocycles. The second kappa shape index (κ2) is 5.16. The number of benzene rings is 1. The summed E-state index contributed by atoms with van der Waals surface area (Å²) in [7, 11) is 0. The minimum absolute atomic E-state index is 0.0280. The summed E-state index contributed by atoms with van der Waals surface area (Å²) in [5.41, 5.74) is 1.92. The second-order valence-corrected chi connectivity index (χ2v) is 5.45. The van der Waals surface area contributed by atoms with Gasteiger partial charge in [-0.15, -0.1) is 0 Å². The van der Waals surface area contributed by atoms with Crippen molar-refractivity contribution in [3.8, 4) is 5.75 Å². The molecule has 1 aliphatic carbocycles. The average Bonchev–Trinajstić information content (AvgIpc) is 2.47. The van der Waals surface area contributed by atoms with Gasteiger partial charge in [0.15, 0.2) is 5.78 Å². The van der Waals surface area contributed by atoms with E-state index in [-0.39, 0.29) is 11.7 Å². The average molecular weight is 258 g/mol. The molecule has 1 heterocycles. The molecule has 0 N–H and O–H groups in total. The molecule has 19 heavy (non-hydrogen) atoms. The van der Waals surface area contributed by atoms with Crippen LogP contribution < -0.4 is 4.74 Å². The lowest BCUT2D eigenvalue weighted by Crippen LogP contribution is -2.22. The van der Waals surface area contributed by atoms with Crippen molar-refractivity contribution >= 4 is 11.6 Å². The van der Waals surface area contributed by atoms with Crippen LogP contribution in [-0.4, -0.2) is 18.2 Å². The number of hydrogen-bond donors (Lipinski definition) is 0. The lowest BCUT2D eigenvalue weighted by molar-refractivity contribution is -0.120. The number of rotatable bonds is 2. The third-order valence-corrected chi connectivity index (χ3v) is 4.11. The minimum atomic E-state index is 0.0280. The van der Waals surface area contributed by atoms with Crippen LogP contribution >= 0.6 is 0 Å². The lowest BCUT2D eigenvalue weighted by atomic mass is 9.83. The van der Waals surface area contributed by atoms with Crippen LogP contribution in [-0.2, 0) is 11.2 Å². The number of Topliss-reactive ketones (excluding diaryl/α,β-unsaturated/α-hetero) is 2. The number of fused-ring (bicyclic) bond motifs is 1. The second-order valence-electron chi connectivity index (χ2n) is 5.45. The van der Waals surface area contributed by atoms with E-state index in [1.807, 2.05) is 18.2 Å². The first-order chi connectivity index (χ1) is 9.24. The molecule has 0 radical (unpaired) electrons. The quantitative estimate of drug-likeness (QED) is 0.766. The molecule has 100 valence electrons. The summed E-state index contributed by atoms with van der Waals surface area (Å²) in [6.45, 7) is 0.769. The van der Waals surface area contributed by atoms with E-state index >= 15 is 0 Å². The maximum atomic E-state index is 12.4. The third-order valence-electron chi connectivity index (χ3n) is 4.11. The standard InChI is InChI=1S/C16H18O3/c17-14-6-3-11(4-7-14)16(18)13-5-8-15-12(10-13)2-1-9-19-15/h5,8,10-11H,1-4,6-7,9H2. The first kappa shape index (κ1) is 12.4. The fourth-order valence-electron chi connectivity index (χ4n) is 2.95. The zero-order valence-corrected chi connectivity index (χ0v) is 11.0. The van der Waals surface area contributed by atoms with Crippen LogP contribution in [0.3, 0.4) is 0 Å². The predicted molar refractivity (Wildman–Crippen MR) is 71.6 cm³/mol. The topological polar surface area (TPSA) is 43.4 Å². The van der Waals surface area contributed by atoms with E-state index in [0.29, 0.717) is 31.5 Å². The van der Waals surface area contributed by atoms with Gasteiger partial charge in [-0.2, -0.15) is 0 Å². The molecule has 1 fully saturated rings. The molecule has 0 spiro atoms. The molecule has 1 aromatic carbocycles. The Kier molecular flexibility index (Phi) is 3.36. The first-order valence-electron chi connectivity index (χ1n) is 7.05. The summed E-state index contributed by atoms with van der Waals surface area (Å²) >= 11 is 0. The van der Waals surface area contributed by atoms with Gasteiger partial charge in [0.2, 0.25) is 0 Å². The van der Waals surface area contributed by atoms with Gasteiger partial charge in [-0.3, -0.25) is 9.59 Å². The number of carbonyl (C=O) groups is 2. The van der Waals surface area contributed by atoms with E-state index in [1.165, 1.54) is 0 Å². The largest absolute Gasteiger partial charge is 0.493 e. The fraction of sp³-hybridized carbons (Fsp3) is 0.500. The Morgan fingerprint density at radius 3 is 2.74 bits per heavy atom. The van der Waals surface area contributed by atoms with Crippen LogP contribution in [0.1, 0.15) is 48.0 Å². The van der Waals surface area contributed by atoms with E-state index in [0.717, 1.165) is 36.3 Å². The Morgan fingerprint density at radius 1 is 1.16 bits per heavy atom. The number of carbonyl (C=O) groups excluding carboxylic acids is 2. The highest BCUT2D eigenvalue weighted by Gasteiger charge is 2.26. The predicted octanol–water partition coefficient (Wildman–Crippen LogP) is 2.95. The molecule has 0 atom stereocenters. The van der Waals surface area contributed by atoms with Gasteiger partial charge < -0.3 is 4.74 Å². The van der Waals surface area contributed by atoms with Gasteiger partial charge in [0.1, 0.15) is 11.5 Å². The zero-order valence-electron chi connectivity index (χ0n) is 11.0. The SMILES string of the molecule is O=C1CCC(C(=O)c2ccc3c(c2)CCCO3)CC1. The minimum Gasteiger partial charge on any atom is -0.493 e. The summed E-state index contributed by atoms with van der Waals surface area (Å²) in [6.07, 6.45) is 4.55. The van der Waals surface area contributed by atoms with Gasteiger partial charge in [0, 0.05) is 24.3 Å². The Bertz CT molecular complexity index is 509. The molecule has 3 heteroatoms. The Balaban J connectivity index is 1.78. The van der Waals surface area contributed by atoms with Crippen molar-refractivity contribution in [3.63, 3.8) is 0 Å². The van der Waals surface area contributed by atoms with E-state index < -0.39 is 0 Å². The van der Waals surface area contributed by atoms with Crippen molar-refractivity contribution in [2.45, 2.75) is 38.5 Å². The van der Waals surface area contributed by atoms with Gasteiger partial charge in [0.25, 0.3) is 0 Å². The van der Waals surface area contributed by atoms with Crippen molar-refractivity contribution in [3.05, 3.63) is 29.3 Å². The highest BCUT2D eigenvalue weighted by molar-refractivity contribution is 5.99. The molecule has 1 saturated carbocycles. The molecule has 0 aromatic heterocycles. The van der Waals surface area contributed by atoms with Crippen LogP contribution in [0, 0.1) is 5.92 Å². The van der Waals surface area contributed by atoms with Crippen LogP contribution in [0.5, 0.6) is 5.75 Å². The fourth-order valence-corrected chi connectivity index (χ4v) is 2.95. The highest BCUT2D eigenvalue weighted by Crippen LogP contribution is 2.29. The van der Waals surface area contributed by atoms with Gasteiger partial charge >= 0.3 is 0 Å². The number of hydrogen-bond acceptors (Lipinski definition) is 3. The summed E-state index contributed by atoms with van der Waals surface area (Å²) in [4.78, 5) is 23.7. The number of ether oxygens (including phenoxy) is 1. The van der Waals surface area contributed by atoms with E-state index in [4.69, 9.17) is 4.74 Å². The maximum Gasteiger partial charge on any atom is 0.165 e. The maximum absolute atomic E-state index is 12.4. The smallest absolute Gasteiger partial charge is 0.165 e. The van der Waals surface area contributed by atoms with E-state index in [2.05, 4.69) is 0 Å². The lowest BCUT2D eigenvalue weighted by Gasteiger charge is -2.21. The summed E-state index contributed by atoms with van der Waals surface area (Å²) in [5.74, 6) is 1.44. The van der Waals surface area contributed by atoms with Crippen LogP contribution in [0.25, 0.3) is 0 Å². The van der Waals surface area contributed by atoms with Crippen molar-refractivity contribution in [2.24, 2.45) is 5.92 Å².